The Balaban J connectivity index is 2.76. The monoisotopic (exact) mass is 203 g/mol. The highest BCUT2D eigenvalue weighted by Gasteiger charge is 1.90. The van der Waals surface area contributed by atoms with Gasteiger partial charge in [-0.1, -0.05) is 38.5 Å². The Morgan fingerprint density at radius 3 is 1.69 bits per heavy atom. The van der Waals surface area contributed by atoms with Crippen molar-refractivity contribution >= 4 is 12.6 Å². The molecule has 0 radical (unpaired) electrons. The quantitative estimate of drug-likeness (QED) is 0.410. The third kappa shape index (κ3) is 12.3. The molecule has 0 rings (SSSR count). The fourth-order valence-electron chi connectivity index (χ4n) is 1.47. The summed E-state index contributed by atoms with van der Waals surface area (Å²) < 4.78 is 0. The van der Waals surface area contributed by atoms with Gasteiger partial charge in [0.1, 0.15) is 0 Å². The molecule has 0 fully saturated rings. The summed E-state index contributed by atoms with van der Waals surface area (Å²) in [6.45, 7) is 1.18. The first-order chi connectivity index (χ1) is 6.41. The normalized spacial score (nSPS) is 10.6. The number of hydrogen-bond donors (Lipinski definition) is 2. The van der Waals surface area contributed by atoms with Gasteiger partial charge in [0.15, 0.2) is 0 Å². The molecule has 0 saturated carbocycles. The summed E-state index contributed by atoms with van der Waals surface area (Å²) in [5, 5.41) is 3.18. The predicted octanol–water partition coefficient (Wildman–Crippen LogP) is 3.26. The van der Waals surface area contributed by atoms with Gasteiger partial charge in [-0.05, 0) is 32.2 Å². The summed E-state index contributed by atoms with van der Waals surface area (Å²) in [5.41, 5.74) is 0. The van der Waals surface area contributed by atoms with E-state index >= 15 is 0 Å². The fraction of sp³-hybridized carbons (Fsp3) is 1.00. The zero-order valence-electron chi connectivity index (χ0n) is 9.02. The number of hydrogen-bond acceptors (Lipinski definition) is 2. The number of rotatable bonds is 10. The van der Waals surface area contributed by atoms with Crippen LogP contribution in [0.2, 0.25) is 0 Å². The van der Waals surface area contributed by atoms with Crippen molar-refractivity contribution in [3.8, 4) is 0 Å². The number of nitrogens with one attached hydrogen (secondary N) is 1. The highest BCUT2D eigenvalue weighted by molar-refractivity contribution is 7.80. The van der Waals surface area contributed by atoms with Crippen molar-refractivity contribution in [1.82, 2.24) is 5.32 Å². The van der Waals surface area contributed by atoms with Gasteiger partial charge >= 0.3 is 0 Å². The maximum Gasteiger partial charge on any atom is -0.00519 e. The lowest BCUT2D eigenvalue weighted by molar-refractivity contribution is 0.568. The zero-order chi connectivity index (χ0) is 9.78. The van der Waals surface area contributed by atoms with Crippen LogP contribution >= 0.6 is 12.6 Å². The molecule has 1 nitrogen and oxygen atoms in total. The molecule has 1 N–H and O–H groups in total. The van der Waals surface area contributed by atoms with E-state index in [9.17, 15) is 0 Å². The summed E-state index contributed by atoms with van der Waals surface area (Å²) in [4.78, 5) is 0. The van der Waals surface area contributed by atoms with E-state index in [1.807, 2.05) is 7.05 Å². The molecule has 2 heteroatoms. The van der Waals surface area contributed by atoms with Crippen LogP contribution in [0.5, 0.6) is 0 Å². The number of thiol groups is 1. The minimum absolute atomic E-state index is 1.06. The molecule has 0 aliphatic carbocycles. The molecular weight excluding hydrogens is 178 g/mol. The van der Waals surface area contributed by atoms with Crippen molar-refractivity contribution in [2.24, 2.45) is 0 Å². The van der Waals surface area contributed by atoms with E-state index in [-0.39, 0.29) is 0 Å². The molecule has 0 aliphatic heterocycles. The van der Waals surface area contributed by atoms with E-state index in [2.05, 4.69) is 17.9 Å². The van der Waals surface area contributed by atoms with Crippen molar-refractivity contribution in [2.45, 2.75) is 51.4 Å². The molecule has 0 aromatic rings. The average molecular weight is 203 g/mol. The van der Waals surface area contributed by atoms with Crippen molar-refractivity contribution in [3.63, 3.8) is 0 Å². The fourth-order valence-corrected chi connectivity index (χ4v) is 1.70. The minimum atomic E-state index is 1.06. The second kappa shape index (κ2) is 12.3. The SMILES string of the molecule is CNCCCCCCCCCCS. The van der Waals surface area contributed by atoms with E-state index in [0.717, 1.165) is 5.75 Å². The van der Waals surface area contributed by atoms with E-state index in [4.69, 9.17) is 0 Å². The Labute approximate surface area is 89.1 Å². The van der Waals surface area contributed by atoms with E-state index in [0.29, 0.717) is 0 Å². The summed E-state index contributed by atoms with van der Waals surface area (Å²) in [5.74, 6) is 1.06. The molecule has 0 aromatic heterocycles. The number of unbranched alkanes of at least 4 members (excludes halogenated alkanes) is 7. The van der Waals surface area contributed by atoms with Crippen LogP contribution in [0.4, 0.5) is 0 Å². The Kier molecular flexibility index (Phi) is 12.6. The molecule has 0 atom stereocenters. The molecule has 0 aliphatic rings. The van der Waals surface area contributed by atoms with Crippen LogP contribution in [-0.4, -0.2) is 19.3 Å². The van der Waals surface area contributed by atoms with Crippen LogP contribution in [0.25, 0.3) is 0 Å². The van der Waals surface area contributed by atoms with Crippen molar-refractivity contribution in [3.05, 3.63) is 0 Å². The van der Waals surface area contributed by atoms with Gasteiger partial charge in [0, 0.05) is 0 Å². The second-order valence-electron chi connectivity index (χ2n) is 3.66. The topological polar surface area (TPSA) is 12.0 Å². The molecule has 13 heavy (non-hydrogen) atoms. The summed E-state index contributed by atoms with van der Waals surface area (Å²) >= 11 is 4.20. The zero-order valence-corrected chi connectivity index (χ0v) is 9.91. The highest BCUT2D eigenvalue weighted by atomic mass is 32.1. The van der Waals surface area contributed by atoms with Gasteiger partial charge in [-0.15, -0.1) is 0 Å². The van der Waals surface area contributed by atoms with Crippen LogP contribution in [0, 0.1) is 0 Å². The molecule has 0 heterocycles. The maximum absolute atomic E-state index is 4.20. The van der Waals surface area contributed by atoms with Gasteiger partial charge in [-0.25, -0.2) is 0 Å². The first-order valence-corrected chi connectivity index (χ1v) is 6.30. The highest BCUT2D eigenvalue weighted by Crippen LogP contribution is 2.08. The van der Waals surface area contributed by atoms with E-state index in [1.165, 1.54) is 57.9 Å². The third-order valence-corrected chi connectivity index (χ3v) is 2.65. The molecule has 80 valence electrons. The molecule has 0 spiro atoms. The predicted molar refractivity (Wildman–Crippen MR) is 64.7 cm³/mol. The van der Waals surface area contributed by atoms with Crippen LogP contribution in [0.15, 0.2) is 0 Å². The van der Waals surface area contributed by atoms with Gasteiger partial charge in [0.25, 0.3) is 0 Å². The first kappa shape index (κ1) is 13.3. The van der Waals surface area contributed by atoms with E-state index in [1.54, 1.807) is 0 Å². The third-order valence-electron chi connectivity index (χ3n) is 2.33. The Bertz CT molecular complexity index is 76.2. The summed E-state index contributed by atoms with van der Waals surface area (Å²) in [6.07, 6.45) is 11.1. The van der Waals surface area contributed by atoms with Gasteiger partial charge < -0.3 is 5.32 Å². The van der Waals surface area contributed by atoms with Crippen molar-refractivity contribution < 1.29 is 0 Å². The lowest BCUT2D eigenvalue weighted by Gasteiger charge is -2.01. The van der Waals surface area contributed by atoms with Crippen molar-refractivity contribution in [1.29, 1.82) is 0 Å². The minimum Gasteiger partial charge on any atom is -0.320 e. The van der Waals surface area contributed by atoms with Gasteiger partial charge in [0.2, 0.25) is 0 Å². The van der Waals surface area contributed by atoms with Crippen molar-refractivity contribution in [2.75, 3.05) is 19.3 Å². The lowest BCUT2D eigenvalue weighted by Crippen LogP contribution is -2.06. The average Bonchev–Trinajstić information content (AvgIpc) is 2.16. The molecule has 0 unspecified atom stereocenters. The van der Waals surface area contributed by atoms with Crippen LogP contribution in [0.1, 0.15) is 51.4 Å². The van der Waals surface area contributed by atoms with Crippen LogP contribution in [-0.2, 0) is 0 Å². The molecule has 0 saturated heterocycles. The van der Waals surface area contributed by atoms with Gasteiger partial charge in [-0.3, -0.25) is 0 Å². The smallest absolute Gasteiger partial charge is 0.00519 e. The molecule has 0 bridgehead atoms. The molecule has 0 aromatic carbocycles. The first-order valence-electron chi connectivity index (χ1n) is 5.67. The molecular formula is C11H25NS. The standard InChI is InChI=1S/C11H25NS/c1-12-10-8-6-4-2-3-5-7-9-11-13/h12-13H,2-11H2,1H3. The lowest BCUT2D eigenvalue weighted by atomic mass is 10.1. The largest absolute Gasteiger partial charge is 0.320 e. The summed E-state index contributed by atoms with van der Waals surface area (Å²) in [6, 6.07) is 0. The van der Waals surface area contributed by atoms with E-state index < -0.39 is 0 Å². The maximum atomic E-state index is 4.20. The summed E-state index contributed by atoms with van der Waals surface area (Å²) in [7, 11) is 2.03. The Morgan fingerprint density at radius 2 is 1.23 bits per heavy atom. The van der Waals surface area contributed by atoms with Crippen LogP contribution < -0.4 is 5.32 Å². The second-order valence-corrected chi connectivity index (χ2v) is 4.10. The van der Waals surface area contributed by atoms with Gasteiger partial charge in [0.05, 0.1) is 0 Å². The molecule has 0 amide bonds. The Morgan fingerprint density at radius 1 is 0.769 bits per heavy atom. The van der Waals surface area contributed by atoms with Gasteiger partial charge in [-0.2, -0.15) is 12.6 Å². The Hall–Kier alpha value is 0.310. The van der Waals surface area contributed by atoms with Crippen LogP contribution in [0.3, 0.4) is 0 Å².